The van der Waals surface area contributed by atoms with Crippen LogP contribution in [0.2, 0.25) is 10.0 Å². The molecule has 0 radical (unpaired) electrons. The summed E-state index contributed by atoms with van der Waals surface area (Å²) in [4.78, 5) is 11.0. The second kappa shape index (κ2) is 10.6. The topological polar surface area (TPSA) is 100 Å². The van der Waals surface area contributed by atoms with E-state index >= 15 is 0 Å². The van der Waals surface area contributed by atoms with Gasteiger partial charge in [0.25, 0.3) is 0 Å². The molecule has 3 aromatic rings. The molecule has 35 heavy (non-hydrogen) atoms. The minimum absolute atomic E-state index is 0.181. The third-order valence-electron chi connectivity index (χ3n) is 6.33. The number of pyridine rings is 2. The number of aryl methyl sites for hydroxylation is 1. The Bertz CT molecular complexity index is 1230. The van der Waals surface area contributed by atoms with E-state index in [0.717, 1.165) is 32.0 Å². The van der Waals surface area contributed by atoms with Gasteiger partial charge < -0.3 is 20.7 Å². The van der Waals surface area contributed by atoms with Crippen LogP contribution in [0.25, 0.3) is 0 Å². The molecule has 2 aliphatic heterocycles. The van der Waals surface area contributed by atoms with E-state index in [2.05, 4.69) is 32.8 Å². The number of thiol groups is 1. The number of benzene rings is 1. The summed E-state index contributed by atoms with van der Waals surface area (Å²) in [5.74, 6) is 1.51. The lowest BCUT2D eigenvalue weighted by Crippen LogP contribution is -2.71. The molecule has 0 aliphatic carbocycles. The van der Waals surface area contributed by atoms with Gasteiger partial charge in [0.05, 0.1) is 21.5 Å². The summed E-state index contributed by atoms with van der Waals surface area (Å²) in [7, 11) is 0. The number of ether oxygens (including phenoxy) is 1. The quantitative estimate of drug-likeness (QED) is 0.210. The lowest BCUT2D eigenvalue weighted by atomic mass is 9.74. The molecule has 7 nitrogen and oxygen atoms in total. The van der Waals surface area contributed by atoms with Crippen LogP contribution in [0.5, 0.6) is 5.75 Å². The van der Waals surface area contributed by atoms with Gasteiger partial charge >= 0.3 is 0 Å². The van der Waals surface area contributed by atoms with Crippen LogP contribution in [0.3, 0.4) is 0 Å². The Morgan fingerprint density at radius 3 is 2.54 bits per heavy atom. The Hall–Kier alpha value is -2.52. The van der Waals surface area contributed by atoms with Gasteiger partial charge in [0.1, 0.15) is 18.2 Å². The lowest BCUT2D eigenvalue weighted by molar-refractivity contribution is 0.120. The fourth-order valence-electron chi connectivity index (χ4n) is 4.24. The van der Waals surface area contributed by atoms with Crippen molar-refractivity contribution < 1.29 is 4.74 Å². The van der Waals surface area contributed by atoms with Crippen LogP contribution in [-0.2, 0) is 6.61 Å². The summed E-state index contributed by atoms with van der Waals surface area (Å²) in [5, 5.41) is 13.0. The van der Waals surface area contributed by atoms with E-state index in [1.165, 1.54) is 0 Å². The number of hydrogen-bond acceptors (Lipinski definition) is 8. The van der Waals surface area contributed by atoms with E-state index in [9.17, 15) is 0 Å². The predicted molar refractivity (Wildman–Crippen MR) is 147 cm³/mol. The summed E-state index contributed by atoms with van der Waals surface area (Å²) in [5.41, 5.74) is 10.0. The molecule has 0 bridgehead atoms. The number of nitrogens with zero attached hydrogens (tertiary/aromatic N) is 3. The second-order valence-electron chi connectivity index (χ2n) is 8.76. The molecule has 2 saturated heterocycles. The highest BCUT2D eigenvalue weighted by Gasteiger charge is 2.47. The molecular weight excluding hydrogens is 503 g/mol. The number of rotatable bonds is 6. The Labute approximate surface area is 220 Å². The van der Waals surface area contributed by atoms with Crippen LogP contribution >= 0.6 is 35.8 Å². The zero-order valence-corrected chi connectivity index (χ0v) is 22.0. The van der Waals surface area contributed by atoms with Crippen molar-refractivity contribution in [1.29, 1.82) is 5.41 Å². The maximum absolute atomic E-state index is 8.69. The number of hydrogen-bond donors (Lipinski definition) is 4. The van der Waals surface area contributed by atoms with Crippen LogP contribution in [-0.4, -0.2) is 48.1 Å². The Morgan fingerprint density at radius 1 is 1.17 bits per heavy atom. The number of aromatic nitrogens is 2. The summed E-state index contributed by atoms with van der Waals surface area (Å²) in [6.45, 7) is 6.23. The van der Waals surface area contributed by atoms with Crippen molar-refractivity contribution in [3.8, 4) is 5.75 Å². The van der Waals surface area contributed by atoms with Gasteiger partial charge in [0, 0.05) is 66.4 Å². The first-order chi connectivity index (χ1) is 16.8. The van der Waals surface area contributed by atoms with Crippen LogP contribution < -0.4 is 20.7 Å². The van der Waals surface area contributed by atoms with E-state index in [-0.39, 0.29) is 12.3 Å². The largest absolute Gasteiger partial charge is 0.489 e. The van der Waals surface area contributed by atoms with E-state index in [1.54, 1.807) is 36.8 Å². The molecule has 4 heterocycles. The monoisotopic (exact) mass is 530 g/mol. The van der Waals surface area contributed by atoms with Crippen LogP contribution in [0.4, 0.5) is 11.5 Å². The van der Waals surface area contributed by atoms with Crippen molar-refractivity contribution in [2.45, 2.75) is 13.5 Å². The molecule has 1 aromatic carbocycles. The molecule has 0 amide bonds. The van der Waals surface area contributed by atoms with E-state index in [0.29, 0.717) is 49.3 Å². The molecule has 184 valence electrons. The Balaban J connectivity index is 0.00000141. The minimum Gasteiger partial charge on any atom is -0.489 e. The second-order valence-corrected chi connectivity index (χ2v) is 9.55. The molecule has 1 spiro atoms. The van der Waals surface area contributed by atoms with Crippen LogP contribution in [0.15, 0.2) is 42.7 Å². The number of nitrogens with two attached hydrogens (primary N) is 1. The highest BCUT2D eigenvalue weighted by Crippen LogP contribution is 2.36. The zero-order valence-electron chi connectivity index (χ0n) is 19.6. The SMILES string of the molecule is CS.Cc1ncc(Cl)c(COc2ccc(N)c(C(=N)c3ccc(N4CC5(CNC5)C4)nc3)c2)c1Cl. The molecule has 0 saturated carbocycles. The van der Waals surface area contributed by atoms with Gasteiger partial charge in [-0.3, -0.25) is 10.4 Å². The van der Waals surface area contributed by atoms with Gasteiger partial charge in [-0.2, -0.15) is 12.6 Å². The first kappa shape index (κ1) is 25.6. The summed E-state index contributed by atoms with van der Waals surface area (Å²) in [6, 6.07) is 9.13. The number of halogens is 2. The van der Waals surface area contributed by atoms with E-state index in [1.807, 2.05) is 19.1 Å². The maximum Gasteiger partial charge on any atom is 0.128 e. The summed E-state index contributed by atoms with van der Waals surface area (Å²) < 4.78 is 5.92. The molecule has 2 aromatic heterocycles. The van der Waals surface area contributed by atoms with E-state index < -0.39 is 0 Å². The molecule has 5 rings (SSSR count). The lowest BCUT2D eigenvalue weighted by Gasteiger charge is -2.56. The summed E-state index contributed by atoms with van der Waals surface area (Å²) >= 11 is 16.1. The van der Waals surface area contributed by atoms with E-state index in [4.69, 9.17) is 39.1 Å². The van der Waals surface area contributed by atoms with Crippen molar-refractivity contribution in [2.24, 2.45) is 5.41 Å². The molecule has 0 unspecified atom stereocenters. The van der Waals surface area contributed by atoms with Crippen molar-refractivity contribution in [3.63, 3.8) is 0 Å². The highest BCUT2D eigenvalue weighted by atomic mass is 35.5. The van der Waals surface area contributed by atoms with Crippen molar-refractivity contribution in [1.82, 2.24) is 15.3 Å². The number of nitrogens with one attached hydrogen (secondary N) is 2. The summed E-state index contributed by atoms with van der Waals surface area (Å²) in [6.07, 6.45) is 4.99. The average molecular weight is 532 g/mol. The van der Waals surface area contributed by atoms with Gasteiger partial charge in [0.2, 0.25) is 0 Å². The first-order valence-electron chi connectivity index (χ1n) is 11.1. The highest BCUT2D eigenvalue weighted by molar-refractivity contribution is 7.79. The molecular formula is C25H28Cl2N6OS. The molecule has 10 heteroatoms. The first-order valence-corrected chi connectivity index (χ1v) is 12.8. The fourth-order valence-corrected chi connectivity index (χ4v) is 4.70. The zero-order chi connectivity index (χ0) is 25.2. The van der Waals surface area contributed by atoms with Crippen molar-refractivity contribution >= 4 is 53.0 Å². The van der Waals surface area contributed by atoms with Gasteiger partial charge in [-0.05, 0) is 43.5 Å². The normalized spacial score (nSPS) is 15.5. The average Bonchev–Trinajstić information content (AvgIpc) is 2.82. The molecule has 4 N–H and O–H groups in total. The third-order valence-corrected chi connectivity index (χ3v) is 7.16. The predicted octanol–water partition coefficient (Wildman–Crippen LogP) is 4.62. The number of anilines is 2. The van der Waals surface area contributed by atoms with Crippen LogP contribution in [0.1, 0.15) is 22.4 Å². The van der Waals surface area contributed by atoms with Gasteiger partial charge in [-0.15, -0.1) is 0 Å². The third kappa shape index (κ3) is 5.21. The molecule has 2 fully saturated rings. The van der Waals surface area contributed by atoms with Crippen molar-refractivity contribution in [3.05, 3.63) is 75.2 Å². The molecule has 2 aliphatic rings. The minimum atomic E-state index is 0.181. The van der Waals surface area contributed by atoms with Gasteiger partial charge in [0.15, 0.2) is 0 Å². The van der Waals surface area contributed by atoms with Crippen LogP contribution in [0, 0.1) is 17.7 Å². The number of nitrogen functional groups attached to an aromatic ring is 1. The Morgan fingerprint density at radius 2 is 1.91 bits per heavy atom. The maximum atomic E-state index is 8.69. The smallest absolute Gasteiger partial charge is 0.128 e. The van der Waals surface area contributed by atoms with Crippen molar-refractivity contribution in [2.75, 3.05) is 43.1 Å². The van der Waals surface area contributed by atoms with Gasteiger partial charge in [-0.25, -0.2) is 4.98 Å². The molecule has 0 atom stereocenters. The standard InChI is InChI=1S/C24H24Cl2N6O.CH4S/c1-14-22(26)18(19(25)8-30-14)9-33-16-3-4-20(27)17(6-16)23(28)15-2-5-21(31-7-15)32-12-24(13-32)10-29-11-24;1-2/h2-8,28-29H,9-13,27H2,1H3;2H,1H3. The van der Waals surface area contributed by atoms with Gasteiger partial charge in [-0.1, -0.05) is 23.2 Å². The fraction of sp³-hybridized carbons (Fsp3) is 0.320. The Kier molecular flexibility index (Phi) is 7.76.